The Hall–Kier alpha value is -2.43. The average molecular weight is 405 g/mol. The Morgan fingerprint density at radius 3 is 2.42 bits per heavy atom. The van der Waals surface area contributed by atoms with Crippen molar-refractivity contribution < 1.29 is 24.4 Å². The van der Waals surface area contributed by atoms with Crippen LogP contribution in [-0.4, -0.2) is 38.3 Å². The molecule has 1 aromatic rings. The Balaban J connectivity index is 3.14. The molecule has 0 spiro atoms. The van der Waals surface area contributed by atoms with Crippen molar-refractivity contribution in [3.05, 3.63) is 26.9 Å². The van der Waals surface area contributed by atoms with E-state index >= 15 is 0 Å². The molecule has 1 heterocycles. The third kappa shape index (κ3) is 5.33. The number of nitrogens with zero attached hydrogens (tertiary/aromatic N) is 2. The van der Waals surface area contributed by atoms with E-state index in [1.807, 2.05) is 0 Å². The molecule has 0 bridgehead atoms. The van der Waals surface area contributed by atoms with Crippen LogP contribution in [0.5, 0.6) is 0 Å². The highest BCUT2D eigenvalue weighted by atomic mass is 79.9. The molecule has 1 unspecified atom stereocenters. The molecule has 0 saturated heterocycles. The van der Waals surface area contributed by atoms with Crippen LogP contribution in [0.3, 0.4) is 0 Å². The fraction of sp³-hybridized carbons (Fsp3) is 0.462. The first-order valence-electron chi connectivity index (χ1n) is 6.67. The number of carbonyl (C=O) groups is 2. The first-order valence-corrected chi connectivity index (χ1v) is 7.46. The normalized spacial score (nSPS) is 13.5. The number of amides is 1. The van der Waals surface area contributed by atoms with E-state index in [1.165, 1.54) is 12.3 Å². The highest BCUT2D eigenvalue weighted by molar-refractivity contribution is 9.10. The number of nitrogens with one attached hydrogen (secondary N) is 2. The minimum atomic E-state index is -2.06. The van der Waals surface area contributed by atoms with Crippen LogP contribution >= 0.6 is 15.9 Å². The number of pyridine rings is 1. The number of aromatic nitrogens is 1. The predicted molar refractivity (Wildman–Crippen MR) is 87.6 cm³/mol. The lowest BCUT2D eigenvalue weighted by molar-refractivity contribution is -0.388. The van der Waals surface area contributed by atoms with Crippen LogP contribution in [0.4, 0.5) is 16.3 Å². The fourth-order valence-corrected chi connectivity index (χ4v) is 1.92. The van der Waals surface area contributed by atoms with E-state index in [0.29, 0.717) is 4.47 Å². The smallest absolute Gasteiger partial charge is 0.409 e. The topological polar surface area (TPSA) is 144 Å². The lowest BCUT2D eigenvalue weighted by atomic mass is 10.2. The number of aliphatic carboxylic acids is 1. The van der Waals surface area contributed by atoms with Crippen molar-refractivity contribution >= 4 is 39.5 Å². The molecular formula is C13H17BrN4O6. The van der Waals surface area contributed by atoms with E-state index < -0.39 is 34.1 Å². The summed E-state index contributed by atoms with van der Waals surface area (Å²) in [5, 5.41) is 25.0. The van der Waals surface area contributed by atoms with Gasteiger partial charge in [0.05, 0.1) is 4.47 Å². The van der Waals surface area contributed by atoms with E-state index in [2.05, 4.69) is 31.5 Å². The maximum absolute atomic E-state index is 11.9. The van der Waals surface area contributed by atoms with Gasteiger partial charge in [0.15, 0.2) is 6.20 Å². The van der Waals surface area contributed by atoms with Crippen molar-refractivity contribution in [2.24, 2.45) is 0 Å². The maximum Gasteiger partial charge on any atom is 0.409 e. The number of carboxylic acids is 1. The van der Waals surface area contributed by atoms with E-state index in [-0.39, 0.29) is 5.69 Å². The minimum Gasteiger partial charge on any atom is -0.478 e. The van der Waals surface area contributed by atoms with Gasteiger partial charge in [-0.2, -0.15) is 0 Å². The van der Waals surface area contributed by atoms with Gasteiger partial charge in [0.1, 0.15) is 11.3 Å². The summed E-state index contributed by atoms with van der Waals surface area (Å²) >= 11 is 3.10. The van der Waals surface area contributed by atoms with Gasteiger partial charge >= 0.3 is 17.9 Å². The Morgan fingerprint density at radius 2 is 1.96 bits per heavy atom. The van der Waals surface area contributed by atoms with Crippen molar-refractivity contribution in [1.82, 2.24) is 10.3 Å². The molecule has 0 radical (unpaired) electrons. The van der Waals surface area contributed by atoms with Crippen LogP contribution in [0.1, 0.15) is 27.7 Å². The zero-order valence-electron chi connectivity index (χ0n) is 13.4. The third-order valence-corrected chi connectivity index (χ3v) is 3.00. The van der Waals surface area contributed by atoms with E-state index in [4.69, 9.17) is 4.74 Å². The molecule has 0 aliphatic rings. The molecular weight excluding hydrogens is 388 g/mol. The van der Waals surface area contributed by atoms with E-state index in [1.54, 1.807) is 20.8 Å². The molecule has 11 heteroatoms. The van der Waals surface area contributed by atoms with Crippen molar-refractivity contribution in [2.75, 3.05) is 5.32 Å². The van der Waals surface area contributed by atoms with Crippen LogP contribution in [0.15, 0.2) is 16.7 Å². The first kappa shape index (κ1) is 19.6. The molecule has 1 rings (SSSR count). The van der Waals surface area contributed by atoms with Gasteiger partial charge in [0, 0.05) is 0 Å². The van der Waals surface area contributed by atoms with Gasteiger partial charge < -0.3 is 25.3 Å². The van der Waals surface area contributed by atoms with Crippen molar-refractivity contribution in [3.8, 4) is 0 Å². The third-order valence-electron chi connectivity index (χ3n) is 2.57. The summed E-state index contributed by atoms with van der Waals surface area (Å²) in [6, 6.07) is 1.28. The number of halogens is 1. The molecule has 1 amide bonds. The summed E-state index contributed by atoms with van der Waals surface area (Å²) in [7, 11) is 0. The highest BCUT2D eigenvalue weighted by Gasteiger charge is 2.38. The Kier molecular flexibility index (Phi) is 5.71. The molecule has 0 saturated carbocycles. The number of rotatable bonds is 5. The predicted octanol–water partition coefficient (Wildman–Crippen LogP) is 2.49. The number of alkyl carbamates (subject to hydrolysis) is 1. The molecule has 3 N–H and O–H groups in total. The van der Waals surface area contributed by atoms with Gasteiger partial charge in [-0.05, 0) is 59.6 Å². The summed E-state index contributed by atoms with van der Waals surface area (Å²) in [5.41, 5.74) is -3.09. The Labute approximate surface area is 145 Å². The molecule has 10 nitrogen and oxygen atoms in total. The average Bonchev–Trinajstić information content (AvgIpc) is 2.35. The lowest BCUT2D eigenvalue weighted by Gasteiger charge is -2.29. The summed E-state index contributed by atoms with van der Waals surface area (Å²) in [6.45, 7) is 5.97. The second-order valence-electron chi connectivity index (χ2n) is 5.96. The number of carbonyl (C=O) groups excluding carboxylic acids is 1. The summed E-state index contributed by atoms with van der Waals surface area (Å²) in [4.78, 5) is 37.3. The first-order chi connectivity index (χ1) is 10.8. The second-order valence-corrected chi connectivity index (χ2v) is 6.88. The number of hydrogen-bond acceptors (Lipinski definition) is 7. The standard InChI is InChI=1S/C13H17BrN4O6/c1-12(2,3)24-11(21)17-13(4,10(19)20)16-8-5-7(14)6-15-9(8)18(22)23/h5-6,16H,1-4H3,(H,17,21)(H,19,20). The van der Waals surface area contributed by atoms with E-state index in [9.17, 15) is 24.8 Å². The second kappa shape index (κ2) is 6.99. The Bertz CT molecular complexity index is 675. The fourth-order valence-electron chi connectivity index (χ4n) is 1.58. The van der Waals surface area contributed by atoms with Crippen molar-refractivity contribution in [1.29, 1.82) is 0 Å². The van der Waals surface area contributed by atoms with Crippen LogP contribution in [0.25, 0.3) is 0 Å². The molecule has 0 aliphatic carbocycles. The van der Waals surface area contributed by atoms with Crippen LogP contribution < -0.4 is 10.6 Å². The van der Waals surface area contributed by atoms with Gasteiger partial charge in [0.25, 0.3) is 0 Å². The quantitative estimate of drug-likeness (QED) is 0.385. The summed E-state index contributed by atoms with van der Waals surface area (Å²) in [5.74, 6) is -2.06. The van der Waals surface area contributed by atoms with Crippen LogP contribution in [-0.2, 0) is 9.53 Å². The molecule has 1 aromatic heterocycles. The van der Waals surface area contributed by atoms with Crippen molar-refractivity contribution in [2.45, 2.75) is 39.0 Å². The van der Waals surface area contributed by atoms with Crippen LogP contribution in [0.2, 0.25) is 0 Å². The summed E-state index contributed by atoms with van der Waals surface area (Å²) < 4.78 is 5.40. The van der Waals surface area contributed by atoms with Crippen LogP contribution in [0, 0.1) is 10.1 Å². The SMILES string of the molecule is CC(C)(C)OC(=O)NC(C)(Nc1cc(Br)cnc1[N+](=O)[O-])C(=O)O. The van der Waals surface area contributed by atoms with Gasteiger partial charge in [-0.1, -0.05) is 0 Å². The molecule has 0 fully saturated rings. The lowest BCUT2D eigenvalue weighted by Crippen LogP contribution is -2.58. The largest absolute Gasteiger partial charge is 0.478 e. The van der Waals surface area contributed by atoms with Gasteiger partial charge in [0.2, 0.25) is 5.66 Å². The molecule has 1 atom stereocenters. The Morgan fingerprint density at radius 1 is 1.38 bits per heavy atom. The number of ether oxygens (including phenoxy) is 1. The maximum atomic E-state index is 11.9. The van der Waals surface area contributed by atoms with Gasteiger partial charge in [-0.15, -0.1) is 0 Å². The molecule has 24 heavy (non-hydrogen) atoms. The summed E-state index contributed by atoms with van der Waals surface area (Å²) in [6.07, 6.45) is 0.202. The minimum absolute atomic E-state index is 0.185. The number of nitro groups is 1. The monoisotopic (exact) mass is 404 g/mol. The highest BCUT2D eigenvalue weighted by Crippen LogP contribution is 2.27. The van der Waals surface area contributed by atoms with Crippen molar-refractivity contribution in [3.63, 3.8) is 0 Å². The zero-order valence-corrected chi connectivity index (χ0v) is 15.0. The number of carboxylic acid groups (broad SMARTS) is 1. The number of hydrogen-bond donors (Lipinski definition) is 3. The van der Waals surface area contributed by atoms with E-state index in [0.717, 1.165) is 6.92 Å². The molecule has 0 aromatic carbocycles. The molecule has 132 valence electrons. The zero-order chi connectivity index (χ0) is 18.7. The number of anilines is 1. The molecule has 0 aliphatic heterocycles. The van der Waals surface area contributed by atoms with Gasteiger partial charge in [-0.25, -0.2) is 9.59 Å². The van der Waals surface area contributed by atoms with Gasteiger partial charge in [-0.3, -0.25) is 5.32 Å².